The summed E-state index contributed by atoms with van der Waals surface area (Å²) in [6.07, 6.45) is -3.26. The first-order chi connectivity index (χ1) is 16.2. The highest BCUT2D eigenvalue weighted by atomic mass is 19.4. The molecule has 8 heteroatoms. The molecule has 2 aliphatic heterocycles. The van der Waals surface area contributed by atoms with E-state index in [2.05, 4.69) is 29.0 Å². The molecule has 0 bridgehead atoms. The van der Waals surface area contributed by atoms with Gasteiger partial charge in [-0.1, -0.05) is 19.9 Å². The molecule has 184 valence electrons. The Bertz CT molecular complexity index is 1020. The van der Waals surface area contributed by atoms with Gasteiger partial charge in [-0.2, -0.15) is 13.2 Å². The Morgan fingerprint density at radius 1 is 1.18 bits per heavy atom. The number of alkyl halides is 3. The zero-order valence-electron chi connectivity index (χ0n) is 19.9. The van der Waals surface area contributed by atoms with Crippen LogP contribution < -0.4 is 19.9 Å². The van der Waals surface area contributed by atoms with Gasteiger partial charge in [0.15, 0.2) is 0 Å². The fourth-order valence-corrected chi connectivity index (χ4v) is 4.96. The minimum atomic E-state index is -4.41. The fraction of sp³-hybridized carbons (Fsp3) is 0.500. The predicted octanol–water partition coefficient (Wildman–Crippen LogP) is 4.74. The van der Waals surface area contributed by atoms with Gasteiger partial charge < -0.3 is 19.9 Å². The van der Waals surface area contributed by atoms with Crippen LogP contribution in [0.4, 0.5) is 24.5 Å². The van der Waals surface area contributed by atoms with E-state index in [1.807, 2.05) is 24.3 Å². The zero-order valence-corrected chi connectivity index (χ0v) is 19.9. The van der Waals surface area contributed by atoms with Gasteiger partial charge in [0, 0.05) is 43.6 Å². The summed E-state index contributed by atoms with van der Waals surface area (Å²) < 4.78 is 45.5. The molecule has 0 radical (unpaired) electrons. The molecule has 4 rings (SSSR count). The second kappa shape index (κ2) is 9.76. The van der Waals surface area contributed by atoms with Crippen molar-refractivity contribution in [1.82, 2.24) is 5.32 Å². The minimum absolute atomic E-state index is 0.0915. The first-order valence-corrected chi connectivity index (χ1v) is 11.8. The van der Waals surface area contributed by atoms with Crippen molar-refractivity contribution in [3.63, 3.8) is 0 Å². The number of nitrogens with one attached hydrogen (secondary N) is 1. The van der Waals surface area contributed by atoms with Gasteiger partial charge in [0.2, 0.25) is 5.91 Å². The molecular formula is C26H32F3N3O2. The van der Waals surface area contributed by atoms with Gasteiger partial charge in [0.25, 0.3) is 0 Å². The molecule has 1 amide bonds. The summed E-state index contributed by atoms with van der Waals surface area (Å²) in [5.74, 6) is 0.691. The van der Waals surface area contributed by atoms with E-state index in [9.17, 15) is 18.0 Å². The lowest BCUT2D eigenvalue weighted by molar-refractivity contribution is -0.137. The van der Waals surface area contributed by atoms with Gasteiger partial charge in [-0.05, 0) is 54.7 Å². The average Bonchev–Trinajstić information content (AvgIpc) is 2.82. The maximum absolute atomic E-state index is 13.4. The number of halogens is 3. The van der Waals surface area contributed by atoms with Crippen molar-refractivity contribution in [2.24, 2.45) is 11.8 Å². The third-order valence-electron chi connectivity index (χ3n) is 6.82. The number of benzene rings is 2. The van der Waals surface area contributed by atoms with Crippen molar-refractivity contribution in [1.29, 1.82) is 0 Å². The van der Waals surface area contributed by atoms with Crippen LogP contribution in [-0.2, 0) is 17.4 Å². The molecular weight excluding hydrogens is 443 g/mol. The number of rotatable bonds is 6. The highest BCUT2D eigenvalue weighted by Crippen LogP contribution is 2.40. The van der Waals surface area contributed by atoms with E-state index < -0.39 is 17.7 Å². The van der Waals surface area contributed by atoms with E-state index in [4.69, 9.17) is 4.74 Å². The van der Waals surface area contributed by atoms with Crippen LogP contribution in [0.25, 0.3) is 0 Å². The Morgan fingerprint density at radius 3 is 2.68 bits per heavy atom. The summed E-state index contributed by atoms with van der Waals surface area (Å²) in [6, 6.07) is 11.6. The van der Waals surface area contributed by atoms with Gasteiger partial charge in [-0.25, -0.2) is 0 Å². The highest BCUT2D eigenvalue weighted by Gasteiger charge is 2.42. The van der Waals surface area contributed by atoms with Crippen molar-refractivity contribution < 1.29 is 22.7 Å². The van der Waals surface area contributed by atoms with Crippen LogP contribution in [0.3, 0.4) is 0 Å². The zero-order chi connectivity index (χ0) is 24.5. The van der Waals surface area contributed by atoms with Crippen LogP contribution in [-0.4, -0.2) is 45.2 Å². The number of anilines is 2. The first kappa shape index (κ1) is 24.2. The van der Waals surface area contributed by atoms with Crippen LogP contribution in [0, 0.1) is 11.8 Å². The summed E-state index contributed by atoms with van der Waals surface area (Å²) in [5, 5.41) is 3.04. The van der Waals surface area contributed by atoms with Crippen LogP contribution in [0.15, 0.2) is 42.5 Å². The summed E-state index contributed by atoms with van der Waals surface area (Å²) in [7, 11) is 1.63. The Balaban J connectivity index is 1.63. The van der Waals surface area contributed by atoms with E-state index in [1.54, 1.807) is 13.2 Å². The van der Waals surface area contributed by atoms with Crippen LogP contribution in [0.2, 0.25) is 0 Å². The molecule has 5 nitrogen and oxygen atoms in total. The Hall–Kier alpha value is -2.90. The Kier molecular flexibility index (Phi) is 6.96. The molecule has 0 unspecified atom stereocenters. The molecule has 1 saturated heterocycles. The second-order valence-corrected chi connectivity index (χ2v) is 9.53. The van der Waals surface area contributed by atoms with Crippen molar-refractivity contribution in [2.75, 3.05) is 43.1 Å². The number of fused-ring (bicyclic) bond motifs is 3. The van der Waals surface area contributed by atoms with Crippen LogP contribution in [0.5, 0.6) is 5.75 Å². The number of methoxy groups -OCH3 is 1. The van der Waals surface area contributed by atoms with Crippen LogP contribution >= 0.6 is 0 Å². The molecule has 1 fully saturated rings. The third-order valence-corrected chi connectivity index (χ3v) is 6.82. The number of amides is 1. The number of ether oxygens (including phenoxy) is 1. The van der Waals surface area contributed by atoms with E-state index in [0.29, 0.717) is 44.1 Å². The number of hydrogen-bond donors (Lipinski definition) is 1. The summed E-state index contributed by atoms with van der Waals surface area (Å²) in [4.78, 5) is 17.6. The molecule has 1 N–H and O–H groups in total. The van der Waals surface area contributed by atoms with Gasteiger partial charge in [0.1, 0.15) is 5.75 Å². The summed E-state index contributed by atoms with van der Waals surface area (Å²) in [6.45, 7) is 6.68. The minimum Gasteiger partial charge on any atom is -0.497 e. The third kappa shape index (κ3) is 5.10. The average molecular weight is 476 g/mol. The molecule has 2 aromatic rings. The van der Waals surface area contributed by atoms with E-state index in [1.165, 1.54) is 6.07 Å². The number of nitrogens with zero attached hydrogens (tertiary/aromatic N) is 2. The van der Waals surface area contributed by atoms with Crippen molar-refractivity contribution >= 4 is 17.3 Å². The lowest BCUT2D eigenvalue weighted by atomic mass is 9.82. The normalized spacial score (nSPS) is 20.1. The summed E-state index contributed by atoms with van der Waals surface area (Å²) >= 11 is 0. The van der Waals surface area contributed by atoms with E-state index >= 15 is 0 Å². The SMILES string of the molecule is COc1cccc(N2CCN3c4ccc(C(F)(F)F)cc4C[C@@H](C(=O)NCCC(C)C)[C@@H]3C2)c1. The number of piperazine rings is 1. The molecule has 0 saturated carbocycles. The number of carbonyl (C=O) groups excluding carboxylic acids is 1. The van der Waals surface area contributed by atoms with Crippen LogP contribution in [0.1, 0.15) is 31.4 Å². The predicted molar refractivity (Wildman–Crippen MR) is 127 cm³/mol. The quantitative estimate of drug-likeness (QED) is 0.655. The lowest BCUT2D eigenvalue weighted by Crippen LogP contribution is -2.61. The van der Waals surface area contributed by atoms with Gasteiger partial charge >= 0.3 is 6.18 Å². The van der Waals surface area contributed by atoms with Gasteiger partial charge in [0.05, 0.1) is 24.6 Å². The molecule has 2 heterocycles. The maximum atomic E-state index is 13.4. The molecule has 2 aromatic carbocycles. The number of carbonyl (C=O) groups is 1. The highest BCUT2D eigenvalue weighted by molar-refractivity contribution is 5.82. The Labute approximate surface area is 198 Å². The van der Waals surface area contributed by atoms with Crippen molar-refractivity contribution in [3.05, 3.63) is 53.6 Å². The fourth-order valence-electron chi connectivity index (χ4n) is 4.96. The second-order valence-electron chi connectivity index (χ2n) is 9.53. The first-order valence-electron chi connectivity index (χ1n) is 11.8. The smallest absolute Gasteiger partial charge is 0.416 e. The molecule has 0 spiro atoms. The van der Waals surface area contributed by atoms with Crippen molar-refractivity contribution in [3.8, 4) is 5.75 Å². The maximum Gasteiger partial charge on any atom is 0.416 e. The van der Waals surface area contributed by atoms with E-state index in [-0.39, 0.29) is 11.9 Å². The topological polar surface area (TPSA) is 44.8 Å². The standard InChI is InChI=1S/C26H32F3N3O2/c1-17(2)9-10-30-25(33)22-14-18-13-19(26(27,28)29)7-8-23(18)32-12-11-31(16-24(22)32)20-5-4-6-21(15-20)34-3/h4-8,13,15,17,22,24H,9-12,14,16H2,1-3H3,(H,30,33)/t22-,24+/m1/s1. The molecule has 34 heavy (non-hydrogen) atoms. The molecule has 0 aromatic heterocycles. The van der Waals surface area contributed by atoms with E-state index in [0.717, 1.165) is 29.6 Å². The molecule has 2 aliphatic rings. The molecule has 0 aliphatic carbocycles. The van der Waals surface area contributed by atoms with Gasteiger partial charge in [-0.3, -0.25) is 4.79 Å². The lowest BCUT2D eigenvalue weighted by Gasteiger charge is -2.49. The largest absolute Gasteiger partial charge is 0.497 e. The Morgan fingerprint density at radius 2 is 1.97 bits per heavy atom. The van der Waals surface area contributed by atoms with Gasteiger partial charge in [-0.15, -0.1) is 0 Å². The molecule has 2 atom stereocenters. The van der Waals surface area contributed by atoms with Crippen molar-refractivity contribution in [2.45, 2.75) is 38.9 Å². The monoisotopic (exact) mass is 475 g/mol. The number of hydrogen-bond acceptors (Lipinski definition) is 4. The summed E-state index contributed by atoms with van der Waals surface area (Å²) in [5.41, 5.74) is 1.73.